The number of benzene rings is 1. The molecule has 1 fully saturated rings. The Bertz CT molecular complexity index is 709. The number of anilines is 1. The highest BCUT2D eigenvalue weighted by molar-refractivity contribution is 7.89. The topological polar surface area (TPSA) is 116 Å². The first kappa shape index (κ1) is 19.4. The van der Waals surface area contributed by atoms with E-state index in [2.05, 4.69) is 5.32 Å². The third kappa shape index (κ3) is 6.13. The SMILES string of the molecule is CC(OC(=O)CCC1CCCC1)C(=O)Nc1ccc(S(N)(=O)=O)cc1. The predicted molar refractivity (Wildman–Crippen MR) is 93.2 cm³/mol. The Kier molecular flexibility index (Phi) is 6.55. The number of ether oxygens (including phenoxy) is 1. The maximum atomic E-state index is 12.1. The van der Waals surface area contributed by atoms with Gasteiger partial charge in [0.1, 0.15) is 0 Å². The molecule has 8 heteroatoms. The molecule has 0 heterocycles. The van der Waals surface area contributed by atoms with E-state index in [1.54, 1.807) is 0 Å². The molecule has 0 saturated heterocycles. The molecule has 138 valence electrons. The van der Waals surface area contributed by atoms with Crippen molar-refractivity contribution < 1.29 is 22.7 Å². The number of sulfonamides is 1. The van der Waals surface area contributed by atoms with E-state index in [4.69, 9.17) is 9.88 Å². The zero-order chi connectivity index (χ0) is 18.4. The van der Waals surface area contributed by atoms with Crippen LogP contribution in [0, 0.1) is 5.92 Å². The molecule has 3 N–H and O–H groups in total. The number of carbonyl (C=O) groups excluding carboxylic acids is 2. The van der Waals surface area contributed by atoms with E-state index in [9.17, 15) is 18.0 Å². The number of amides is 1. The average molecular weight is 368 g/mol. The molecule has 0 aromatic heterocycles. The number of primary sulfonamides is 1. The Morgan fingerprint density at radius 1 is 1.24 bits per heavy atom. The van der Waals surface area contributed by atoms with Gasteiger partial charge < -0.3 is 10.1 Å². The van der Waals surface area contributed by atoms with Gasteiger partial charge in [-0.2, -0.15) is 0 Å². The van der Waals surface area contributed by atoms with Crippen LogP contribution in [0.3, 0.4) is 0 Å². The molecule has 1 aliphatic rings. The summed E-state index contributed by atoms with van der Waals surface area (Å²) in [5, 5.41) is 7.58. The lowest BCUT2D eigenvalue weighted by Crippen LogP contribution is -2.30. The number of carbonyl (C=O) groups is 2. The third-order valence-electron chi connectivity index (χ3n) is 4.36. The molecule has 7 nitrogen and oxygen atoms in total. The number of nitrogens with two attached hydrogens (primary N) is 1. The molecule has 0 spiro atoms. The number of hydrogen-bond donors (Lipinski definition) is 2. The second kappa shape index (κ2) is 8.44. The highest BCUT2D eigenvalue weighted by Gasteiger charge is 2.20. The van der Waals surface area contributed by atoms with Crippen molar-refractivity contribution >= 4 is 27.6 Å². The van der Waals surface area contributed by atoms with E-state index >= 15 is 0 Å². The Morgan fingerprint density at radius 3 is 2.40 bits per heavy atom. The Labute approximate surface area is 148 Å². The maximum absolute atomic E-state index is 12.1. The smallest absolute Gasteiger partial charge is 0.306 e. The van der Waals surface area contributed by atoms with E-state index < -0.39 is 22.0 Å². The molecular weight excluding hydrogens is 344 g/mol. The van der Waals surface area contributed by atoms with Gasteiger partial charge in [0.05, 0.1) is 4.90 Å². The fourth-order valence-corrected chi connectivity index (χ4v) is 3.42. The van der Waals surface area contributed by atoms with Crippen LogP contribution in [0.15, 0.2) is 29.2 Å². The van der Waals surface area contributed by atoms with E-state index in [1.165, 1.54) is 44.0 Å². The van der Waals surface area contributed by atoms with Crippen LogP contribution < -0.4 is 10.5 Å². The summed E-state index contributed by atoms with van der Waals surface area (Å²) < 4.78 is 27.5. The van der Waals surface area contributed by atoms with E-state index in [0.717, 1.165) is 19.3 Å². The molecule has 1 saturated carbocycles. The highest BCUT2D eigenvalue weighted by atomic mass is 32.2. The number of nitrogens with one attached hydrogen (secondary N) is 1. The quantitative estimate of drug-likeness (QED) is 0.716. The zero-order valence-electron chi connectivity index (χ0n) is 14.2. The van der Waals surface area contributed by atoms with Gasteiger partial charge >= 0.3 is 5.97 Å². The van der Waals surface area contributed by atoms with Crippen molar-refractivity contribution in [3.63, 3.8) is 0 Å². The fourth-order valence-electron chi connectivity index (χ4n) is 2.90. The van der Waals surface area contributed by atoms with Gasteiger partial charge in [-0.1, -0.05) is 25.7 Å². The first-order valence-electron chi connectivity index (χ1n) is 8.39. The molecule has 1 aromatic rings. The number of rotatable bonds is 7. The molecule has 1 aromatic carbocycles. The van der Waals surface area contributed by atoms with E-state index in [-0.39, 0.29) is 10.9 Å². The summed E-state index contributed by atoms with van der Waals surface area (Å²) in [4.78, 5) is 23.9. The summed E-state index contributed by atoms with van der Waals surface area (Å²) in [5.74, 6) is -0.259. The molecule has 1 aliphatic carbocycles. The standard InChI is InChI=1S/C17H24N2O5S/c1-12(24-16(20)11-6-13-4-2-3-5-13)17(21)19-14-7-9-15(10-8-14)25(18,22)23/h7-10,12-13H,2-6,11H2,1H3,(H,19,21)(H2,18,22,23). The van der Waals surface area contributed by atoms with Crippen LogP contribution in [-0.4, -0.2) is 26.4 Å². The first-order valence-corrected chi connectivity index (χ1v) is 9.93. The van der Waals surface area contributed by atoms with Crippen LogP contribution in [-0.2, 0) is 24.3 Å². The minimum atomic E-state index is -3.78. The third-order valence-corrected chi connectivity index (χ3v) is 5.29. The Morgan fingerprint density at radius 2 is 1.84 bits per heavy atom. The van der Waals surface area contributed by atoms with Crippen molar-refractivity contribution in [3.8, 4) is 0 Å². The molecule has 2 rings (SSSR count). The lowest BCUT2D eigenvalue weighted by Gasteiger charge is -2.14. The van der Waals surface area contributed by atoms with Crippen molar-refractivity contribution in [2.24, 2.45) is 11.1 Å². The Hall–Kier alpha value is -1.93. The van der Waals surface area contributed by atoms with Crippen LogP contribution >= 0.6 is 0 Å². The van der Waals surface area contributed by atoms with Gasteiger partial charge in [0, 0.05) is 12.1 Å². The largest absolute Gasteiger partial charge is 0.453 e. The second-order valence-electron chi connectivity index (χ2n) is 6.38. The van der Waals surface area contributed by atoms with E-state index in [1.807, 2.05) is 0 Å². The molecule has 1 amide bonds. The van der Waals surface area contributed by atoms with Gasteiger partial charge in [0.25, 0.3) is 5.91 Å². The first-order chi connectivity index (χ1) is 11.8. The highest BCUT2D eigenvalue weighted by Crippen LogP contribution is 2.28. The van der Waals surface area contributed by atoms with Crippen molar-refractivity contribution in [2.75, 3.05) is 5.32 Å². The monoisotopic (exact) mass is 368 g/mol. The van der Waals surface area contributed by atoms with Gasteiger partial charge in [-0.3, -0.25) is 9.59 Å². The second-order valence-corrected chi connectivity index (χ2v) is 7.94. The fraction of sp³-hybridized carbons (Fsp3) is 0.529. The van der Waals surface area contributed by atoms with Gasteiger partial charge in [0.2, 0.25) is 10.0 Å². The van der Waals surface area contributed by atoms with E-state index in [0.29, 0.717) is 18.0 Å². The molecular formula is C17H24N2O5S. The minimum absolute atomic E-state index is 0.0445. The van der Waals surface area contributed by atoms with Crippen LogP contribution in [0.2, 0.25) is 0 Å². The van der Waals surface area contributed by atoms with Gasteiger partial charge in [-0.25, -0.2) is 13.6 Å². The van der Waals surface area contributed by atoms with Crippen molar-refractivity contribution in [2.45, 2.75) is 56.4 Å². The van der Waals surface area contributed by atoms with Crippen molar-refractivity contribution in [3.05, 3.63) is 24.3 Å². The molecule has 0 bridgehead atoms. The van der Waals surface area contributed by atoms with Gasteiger partial charge in [-0.15, -0.1) is 0 Å². The number of esters is 1. The summed E-state index contributed by atoms with van der Waals surface area (Å²) in [5.41, 5.74) is 0.395. The van der Waals surface area contributed by atoms with Crippen LogP contribution in [0.4, 0.5) is 5.69 Å². The summed E-state index contributed by atoms with van der Waals surface area (Å²) in [6, 6.07) is 5.44. The summed E-state index contributed by atoms with van der Waals surface area (Å²) in [6.07, 6.45) is 4.99. The summed E-state index contributed by atoms with van der Waals surface area (Å²) in [6.45, 7) is 1.50. The average Bonchev–Trinajstić information content (AvgIpc) is 3.06. The van der Waals surface area contributed by atoms with Crippen LogP contribution in [0.1, 0.15) is 45.4 Å². The number of hydrogen-bond acceptors (Lipinski definition) is 5. The maximum Gasteiger partial charge on any atom is 0.306 e. The molecule has 1 unspecified atom stereocenters. The van der Waals surface area contributed by atoms with Crippen LogP contribution in [0.5, 0.6) is 0 Å². The molecule has 0 aliphatic heterocycles. The molecule has 0 radical (unpaired) electrons. The van der Waals surface area contributed by atoms with Gasteiger partial charge in [0.15, 0.2) is 6.10 Å². The normalized spacial score (nSPS) is 16.4. The lowest BCUT2D eigenvalue weighted by atomic mass is 10.0. The minimum Gasteiger partial charge on any atom is -0.453 e. The molecule has 25 heavy (non-hydrogen) atoms. The lowest BCUT2D eigenvalue weighted by molar-refractivity contribution is -0.153. The summed E-state index contributed by atoms with van der Waals surface area (Å²) in [7, 11) is -3.78. The van der Waals surface area contributed by atoms with Crippen molar-refractivity contribution in [1.29, 1.82) is 0 Å². The summed E-state index contributed by atoms with van der Waals surface area (Å²) >= 11 is 0. The zero-order valence-corrected chi connectivity index (χ0v) is 15.1. The molecule has 1 atom stereocenters. The Balaban J connectivity index is 1.80. The van der Waals surface area contributed by atoms with Crippen molar-refractivity contribution in [1.82, 2.24) is 0 Å². The van der Waals surface area contributed by atoms with Gasteiger partial charge in [-0.05, 0) is 43.5 Å². The predicted octanol–water partition coefficient (Wildman–Crippen LogP) is 2.17. The van der Waals surface area contributed by atoms with Crippen LogP contribution in [0.25, 0.3) is 0 Å².